The number of nitrogens with one attached hydrogen (secondary N) is 1. The Kier molecular flexibility index (Phi) is 5.94. The van der Waals surface area contributed by atoms with Crippen LogP contribution < -0.4 is 15.1 Å². The Morgan fingerprint density at radius 2 is 1.74 bits per heavy atom. The number of para-hydroxylation sites is 1. The molecule has 0 aliphatic carbocycles. The summed E-state index contributed by atoms with van der Waals surface area (Å²) in [4.78, 5) is 9.91. The third-order valence-electron chi connectivity index (χ3n) is 7.28. The summed E-state index contributed by atoms with van der Waals surface area (Å²) in [6.07, 6.45) is 4.80. The van der Waals surface area contributed by atoms with Crippen molar-refractivity contribution in [3.05, 3.63) is 83.0 Å². The summed E-state index contributed by atoms with van der Waals surface area (Å²) in [5, 5.41) is 13.6. The van der Waals surface area contributed by atoms with Crippen molar-refractivity contribution in [2.45, 2.75) is 45.7 Å². The Bertz CT molecular complexity index is 1330. The lowest BCUT2D eigenvalue weighted by atomic mass is 9.97. The summed E-state index contributed by atoms with van der Waals surface area (Å²) in [5.41, 5.74) is 7.30. The number of nitrogens with zero attached hydrogens (tertiary/aromatic N) is 5. The van der Waals surface area contributed by atoms with Crippen LogP contribution in [0.4, 0.5) is 17.3 Å². The highest BCUT2D eigenvalue weighted by molar-refractivity contribution is 5.82. The van der Waals surface area contributed by atoms with Gasteiger partial charge >= 0.3 is 0 Å². The molecule has 6 heteroatoms. The van der Waals surface area contributed by atoms with Crippen LogP contribution in [0.5, 0.6) is 0 Å². The first kappa shape index (κ1) is 21.8. The van der Waals surface area contributed by atoms with E-state index in [4.69, 9.17) is 4.98 Å². The number of piperidine rings is 1. The van der Waals surface area contributed by atoms with Gasteiger partial charge in [0.2, 0.25) is 0 Å². The normalized spacial score (nSPS) is 15.8. The molecule has 2 aliphatic heterocycles. The van der Waals surface area contributed by atoms with Crippen LogP contribution in [0.15, 0.2) is 60.7 Å². The van der Waals surface area contributed by atoms with E-state index >= 15 is 0 Å². The fourth-order valence-electron chi connectivity index (χ4n) is 5.38. The summed E-state index contributed by atoms with van der Waals surface area (Å²) in [7, 11) is 0. The molecule has 35 heavy (non-hydrogen) atoms. The van der Waals surface area contributed by atoms with Gasteiger partial charge in [0, 0.05) is 49.4 Å². The molecule has 2 aromatic heterocycles. The summed E-state index contributed by atoms with van der Waals surface area (Å²) < 4.78 is 0. The minimum atomic E-state index is 0.771. The summed E-state index contributed by atoms with van der Waals surface area (Å²) in [5.74, 6) is 2.10. The zero-order chi connectivity index (χ0) is 23.6. The van der Waals surface area contributed by atoms with Crippen molar-refractivity contribution >= 4 is 28.2 Å². The standard InChI is InChI=1S/C29H32N6/c1-21-12-13-28(33-32-21)35-17-14-25-23(20-35)9-7-11-27(25)30-19-24-18-22-8-3-4-10-26(22)31-29(24)34-15-5-2-6-16-34/h3-4,7-13,18,30H,2,5-6,14-17,19-20H2,1H3. The topological polar surface area (TPSA) is 57.2 Å². The number of anilines is 3. The molecular weight excluding hydrogens is 432 g/mol. The molecule has 0 unspecified atom stereocenters. The van der Waals surface area contributed by atoms with Crippen LogP contribution in [0.2, 0.25) is 0 Å². The molecule has 6 nitrogen and oxygen atoms in total. The number of benzene rings is 2. The molecule has 0 spiro atoms. The van der Waals surface area contributed by atoms with E-state index in [9.17, 15) is 0 Å². The molecule has 0 bridgehead atoms. The second-order valence-corrected chi connectivity index (χ2v) is 9.71. The predicted molar refractivity (Wildman–Crippen MR) is 143 cm³/mol. The number of pyridine rings is 1. The highest BCUT2D eigenvalue weighted by Crippen LogP contribution is 2.31. The smallest absolute Gasteiger partial charge is 0.151 e. The zero-order valence-electron chi connectivity index (χ0n) is 20.4. The Labute approximate surface area is 207 Å². The van der Waals surface area contributed by atoms with Crippen molar-refractivity contribution in [3.63, 3.8) is 0 Å². The van der Waals surface area contributed by atoms with Gasteiger partial charge in [-0.05, 0) is 74.1 Å². The van der Waals surface area contributed by atoms with Crippen molar-refractivity contribution in [2.75, 3.05) is 34.8 Å². The van der Waals surface area contributed by atoms with E-state index in [1.54, 1.807) is 0 Å². The summed E-state index contributed by atoms with van der Waals surface area (Å²) in [6, 6.07) is 21.5. The van der Waals surface area contributed by atoms with Gasteiger partial charge in [-0.2, -0.15) is 5.10 Å². The number of hydrogen-bond acceptors (Lipinski definition) is 6. The van der Waals surface area contributed by atoms with Crippen LogP contribution in [0, 0.1) is 6.92 Å². The Morgan fingerprint density at radius 3 is 2.60 bits per heavy atom. The highest BCUT2D eigenvalue weighted by atomic mass is 15.3. The van der Waals surface area contributed by atoms with Gasteiger partial charge in [-0.15, -0.1) is 5.10 Å². The average molecular weight is 465 g/mol. The summed E-state index contributed by atoms with van der Waals surface area (Å²) in [6.45, 7) is 6.74. The van der Waals surface area contributed by atoms with E-state index in [0.717, 1.165) is 62.0 Å². The van der Waals surface area contributed by atoms with Crippen molar-refractivity contribution in [3.8, 4) is 0 Å². The molecule has 0 atom stereocenters. The number of fused-ring (bicyclic) bond motifs is 2. The van der Waals surface area contributed by atoms with Crippen molar-refractivity contribution in [1.82, 2.24) is 15.2 Å². The monoisotopic (exact) mass is 464 g/mol. The Morgan fingerprint density at radius 1 is 0.857 bits per heavy atom. The van der Waals surface area contributed by atoms with Crippen LogP contribution in [0.25, 0.3) is 10.9 Å². The molecular formula is C29H32N6. The first-order valence-corrected chi connectivity index (χ1v) is 12.8. The van der Waals surface area contributed by atoms with Gasteiger partial charge in [0.25, 0.3) is 0 Å². The molecule has 4 aromatic rings. The molecule has 178 valence electrons. The van der Waals surface area contributed by atoms with Gasteiger partial charge in [0.1, 0.15) is 5.82 Å². The van der Waals surface area contributed by atoms with Gasteiger partial charge in [0.15, 0.2) is 5.82 Å². The molecule has 0 amide bonds. The van der Waals surface area contributed by atoms with Gasteiger partial charge in [-0.3, -0.25) is 0 Å². The Hall–Kier alpha value is -3.67. The predicted octanol–water partition coefficient (Wildman–Crippen LogP) is 5.50. The van der Waals surface area contributed by atoms with Crippen LogP contribution in [0.3, 0.4) is 0 Å². The second-order valence-electron chi connectivity index (χ2n) is 9.71. The third kappa shape index (κ3) is 4.53. The number of aromatic nitrogens is 3. The van der Waals surface area contributed by atoms with E-state index in [1.807, 2.05) is 13.0 Å². The maximum Gasteiger partial charge on any atom is 0.151 e. The number of rotatable bonds is 5. The van der Waals surface area contributed by atoms with E-state index in [2.05, 4.69) is 79.9 Å². The Balaban J connectivity index is 1.25. The average Bonchev–Trinajstić information content (AvgIpc) is 2.92. The first-order chi connectivity index (χ1) is 17.2. The van der Waals surface area contributed by atoms with Crippen LogP contribution >= 0.6 is 0 Å². The molecule has 2 aliphatic rings. The first-order valence-electron chi connectivity index (χ1n) is 12.8. The van der Waals surface area contributed by atoms with Crippen LogP contribution in [-0.2, 0) is 19.5 Å². The lowest BCUT2D eigenvalue weighted by Crippen LogP contribution is -2.32. The van der Waals surface area contributed by atoms with E-state index in [0.29, 0.717) is 0 Å². The largest absolute Gasteiger partial charge is 0.381 e. The lowest BCUT2D eigenvalue weighted by molar-refractivity contribution is 0.572. The third-order valence-corrected chi connectivity index (χ3v) is 7.28. The molecule has 0 radical (unpaired) electrons. The molecule has 1 N–H and O–H groups in total. The van der Waals surface area contributed by atoms with E-state index in [-0.39, 0.29) is 0 Å². The fraction of sp³-hybridized carbons (Fsp3) is 0.345. The molecule has 2 aromatic carbocycles. The maximum absolute atomic E-state index is 5.11. The van der Waals surface area contributed by atoms with Crippen molar-refractivity contribution in [1.29, 1.82) is 0 Å². The van der Waals surface area contributed by atoms with Crippen LogP contribution in [-0.4, -0.2) is 34.8 Å². The lowest BCUT2D eigenvalue weighted by Gasteiger charge is -2.31. The molecule has 0 saturated carbocycles. The second kappa shape index (κ2) is 9.53. The highest BCUT2D eigenvalue weighted by Gasteiger charge is 2.21. The minimum absolute atomic E-state index is 0.771. The van der Waals surface area contributed by atoms with Gasteiger partial charge in [0.05, 0.1) is 11.2 Å². The van der Waals surface area contributed by atoms with Crippen molar-refractivity contribution < 1.29 is 0 Å². The van der Waals surface area contributed by atoms with E-state index in [1.165, 1.54) is 47.0 Å². The van der Waals surface area contributed by atoms with Gasteiger partial charge in [-0.1, -0.05) is 30.3 Å². The van der Waals surface area contributed by atoms with E-state index < -0.39 is 0 Å². The van der Waals surface area contributed by atoms with Crippen LogP contribution in [0.1, 0.15) is 41.6 Å². The number of hydrogen-bond donors (Lipinski definition) is 1. The number of aryl methyl sites for hydroxylation is 1. The molecule has 1 fully saturated rings. The molecule has 6 rings (SSSR count). The zero-order valence-corrected chi connectivity index (χ0v) is 20.4. The quantitative estimate of drug-likeness (QED) is 0.421. The van der Waals surface area contributed by atoms with Crippen molar-refractivity contribution in [2.24, 2.45) is 0 Å². The SMILES string of the molecule is Cc1ccc(N2CCc3c(cccc3NCc3cc4ccccc4nc3N3CCCCC3)C2)nn1. The summed E-state index contributed by atoms with van der Waals surface area (Å²) >= 11 is 0. The molecule has 1 saturated heterocycles. The molecule has 4 heterocycles. The van der Waals surface area contributed by atoms with Gasteiger partial charge < -0.3 is 15.1 Å². The fourth-order valence-corrected chi connectivity index (χ4v) is 5.38. The minimum Gasteiger partial charge on any atom is -0.381 e. The maximum atomic E-state index is 5.11. The van der Waals surface area contributed by atoms with Gasteiger partial charge in [-0.25, -0.2) is 4.98 Å².